The van der Waals surface area contributed by atoms with Crippen LogP contribution in [0, 0.1) is 12.7 Å². The van der Waals surface area contributed by atoms with Crippen LogP contribution in [0.5, 0.6) is 0 Å². The molecule has 0 atom stereocenters. The summed E-state index contributed by atoms with van der Waals surface area (Å²) in [5.41, 5.74) is 3.56. The van der Waals surface area contributed by atoms with Crippen LogP contribution in [-0.2, 0) is 16.1 Å². The molecule has 0 unspecified atom stereocenters. The summed E-state index contributed by atoms with van der Waals surface area (Å²) in [5, 5.41) is 11.3. The zero-order valence-corrected chi connectivity index (χ0v) is 16.9. The minimum absolute atomic E-state index is 0.132. The number of hydrogen-bond acceptors (Lipinski definition) is 4. The molecule has 1 saturated heterocycles. The number of carboxylic acids is 1. The molecular formula is C20H16F6N4O3. The summed E-state index contributed by atoms with van der Waals surface area (Å²) in [6.45, 7) is 0.563. The number of alkyl halides is 5. The molecule has 0 radical (unpaired) electrons. The van der Waals surface area contributed by atoms with Crippen molar-refractivity contribution in [3.8, 4) is 11.1 Å². The highest BCUT2D eigenvalue weighted by molar-refractivity contribution is 5.83. The van der Waals surface area contributed by atoms with Gasteiger partial charge in [0.2, 0.25) is 5.91 Å². The van der Waals surface area contributed by atoms with Crippen LogP contribution in [-0.4, -0.2) is 61.8 Å². The third-order valence-electron chi connectivity index (χ3n) is 4.72. The van der Waals surface area contributed by atoms with Gasteiger partial charge in [0.05, 0.1) is 24.8 Å². The van der Waals surface area contributed by atoms with Crippen molar-refractivity contribution in [2.75, 3.05) is 13.1 Å². The molecular weight excluding hydrogens is 458 g/mol. The number of carbonyl (C=O) groups excluding carboxylic acids is 1. The number of amides is 1. The molecule has 176 valence electrons. The smallest absolute Gasteiger partial charge is 0.475 e. The second kappa shape index (κ2) is 8.71. The van der Waals surface area contributed by atoms with Crippen molar-refractivity contribution in [3.63, 3.8) is 0 Å². The summed E-state index contributed by atoms with van der Waals surface area (Å²) in [6.07, 6.45) is -1.90. The number of carbonyl (C=O) groups is 2. The lowest BCUT2D eigenvalue weighted by Gasteiger charge is -2.38. The number of fused-ring (bicyclic) bond motifs is 1. The zero-order valence-electron chi connectivity index (χ0n) is 16.9. The van der Waals surface area contributed by atoms with E-state index in [1.54, 1.807) is 19.2 Å². The lowest BCUT2D eigenvalue weighted by atomic mass is 10.0. The zero-order chi connectivity index (χ0) is 24.6. The van der Waals surface area contributed by atoms with Crippen LogP contribution in [0.2, 0.25) is 0 Å². The number of benzene rings is 1. The number of hydrogen-bond donors (Lipinski definition) is 1. The number of nitrogens with zero attached hydrogens (tertiary/aromatic N) is 4. The summed E-state index contributed by atoms with van der Waals surface area (Å²) in [6, 6.07) is 6.29. The van der Waals surface area contributed by atoms with Crippen molar-refractivity contribution in [1.29, 1.82) is 0 Å². The van der Waals surface area contributed by atoms with Gasteiger partial charge >= 0.3 is 12.1 Å². The van der Waals surface area contributed by atoms with Gasteiger partial charge in [-0.2, -0.15) is 18.3 Å². The molecule has 0 aliphatic carbocycles. The molecule has 1 aromatic carbocycles. The molecule has 3 aromatic rings. The van der Waals surface area contributed by atoms with Crippen LogP contribution in [0.25, 0.3) is 22.2 Å². The topological polar surface area (TPSA) is 88.3 Å². The maximum atomic E-state index is 13.3. The molecule has 4 rings (SSSR count). The summed E-state index contributed by atoms with van der Waals surface area (Å²) >= 11 is 0. The first kappa shape index (κ1) is 24.0. The van der Waals surface area contributed by atoms with Gasteiger partial charge in [0.1, 0.15) is 17.9 Å². The number of likely N-dealkylation sites (tertiary alicyclic amines) is 1. The highest BCUT2D eigenvalue weighted by Gasteiger charge is 2.46. The number of aryl methyl sites for hydroxylation is 1. The van der Waals surface area contributed by atoms with E-state index in [1.807, 2.05) is 6.07 Å². The van der Waals surface area contributed by atoms with Gasteiger partial charge in [0.15, 0.2) is 0 Å². The van der Waals surface area contributed by atoms with Gasteiger partial charge in [-0.25, -0.2) is 18.0 Å². The summed E-state index contributed by atoms with van der Waals surface area (Å²) in [7, 11) is 0. The average molecular weight is 474 g/mol. The fraction of sp³-hybridized carbons (Fsp3) is 0.300. The van der Waals surface area contributed by atoms with Crippen molar-refractivity contribution in [3.05, 3.63) is 48.0 Å². The first-order chi connectivity index (χ1) is 15.3. The minimum atomic E-state index is -5.08. The minimum Gasteiger partial charge on any atom is -0.475 e. The second-order valence-electron chi connectivity index (χ2n) is 7.30. The van der Waals surface area contributed by atoms with Gasteiger partial charge in [-0.15, -0.1) is 0 Å². The Morgan fingerprint density at radius 1 is 1.15 bits per heavy atom. The maximum absolute atomic E-state index is 13.3. The lowest BCUT2D eigenvalue weighted by molar-refractivity contribution is -0.192. The van der Waals surface area contributed by atoms with E-state index in [9.17, 15) is 31.1 Å². The number of aliphatic carboxylic acids is 1. The fourth-order valence-electron chi connectivity index (χ4n) is 3.10. The average Bonchev–Trinajstić information content (AvgIpc) is 3.07. The van der Waals surface area contributed by atoms with Crippen molar-refractivity contribution in [2.45, 2.75) is 25.6 Å². The SMILES string of the molecule is Cc1cc(F)ccc1-c1cnc2cnn(CC(=O)N3CC(F)(F)C3)c2c1.O=C(O)C(F)(F)F. The van der Waals surface area contributed by atoms with Gasteiger partial charge in [-0.05, 0) is 36.2 Å². The molecule has 2 aromatic heterocycles. The Labute approximate surface area is 182 Å². The summed E-state index contributed by atoms with van der Waals surface area (Å²) in [5.74, 6) is -6.28. The van der Waals surface area contributed by atoms with Gasteiger partial charge in [0, 0.05) is 11.8 Å². The van der Waals surface area contributed by atoms with Gasteiger partial charge < -0.3 is 10.0 Å². The Balaban J connectivity index is 0.000000383. The maximum Gasteiger partial charge on any atom is 0.490 e. The van der Waals surface area contributed by atoms with E-state index in [2.05, 4.69) is 10.1 Å². The summed E-state index contributed by atoms with van der Waals surface area (Å²) in [4.78, 5) is 26.5. The molecule has 1 aliphatic rings. The van der Waals surface area contributed by atoms with Crippen LogP contribution in [0.15, 0.2) is 36.7 Å². The van der Waals surface area contributed by atoms with Crippen molar-refractivity contribution in [2.24, 2.45) is 0 Å². The Morgan fingerprint density at radius 2 is 1.79 bits per heavy atom. The van der Waals surface area contributed by atoms with Crippen molar-refractivity contribution >= 4 is 22.9 Å². The largest absolute Gasteiger partial charge is 0.490 e. The van der Waals surface area contributed by atoms with Crippen LogP contribution in [0.4, 0.5) is 26.3 Å². The van der Waals surface area contributed by atoms with Gasteiger partial charge in [0.25, 0.3) is 5.92 Å². The van der Waals surface area contributed by atoms with Crippen molar-refractivity contribution < 1.29 is 41.0 Å². The summed E-state index contributed by atoms with van der Waals surface area (Å²) < 4.78 is 72.4. The van der Waals surface area contributed by atoms with Crippen LogP contribution >= 0.6 is 0 Å². The number of rotatable bonds is 3. The molecule has 1 amide bonds. The molecule has 0 saturated carbocycles. The first-order valence-electron chi connectivity index (χ1n) is 9.31. The first-order valence-corrected chi connectivity index (χ1v) is 9.31. The van der Waals surface area contributed by atoms with Gasteiger partial charge in [-0.3, -0.25) is 14.5 Å². The molecule has 0 bridgehead atoms. The van der Waals surface area contributed by atoms with Crippen LogP contribution < -0.4 is 0 Å². The van der Waals surface area contributed by atoms with Crippen LogP contribution in [0.1, 0.15) is 5.56 Å². The van der Waals surface area contributed by atoms with E-state index in [0.717, 1.165) is 21.6 Å². The highest BCUT2D eigenvalue weighted by Crippen LogP contribution is 2.28. The molecule has 33 heavy (non-hydrogen) atoms. The fourth-order valence-corrected chi connectivity index (χ4v) is 3.10. The molecule has 13 heteroatoms. The third-order valence-corrected chi connectivity index (χ3v) is 4.72. The highest BCUT2D eigenvalue weighted by atomic mass is 19.4. The Morgan fingerprint density at radius 3 is 2.33 bits per heavy atom. The molecule has 1 N–H and O–H groups in total. The normalized spacial score (nSPS) is 14.9. The van der Waals surface area contributed by atoms with E-state index in [-0.39, 0.29) is 12.4 Å². The molecule has 1 fully saturated rings. The van der Waals surface area contributed by atoms with Crippen LogP contribution in [0.3, 0.4) is 0 Å². The standard InChI is InChI=1S/C18H15F3N4O.C2HF3O2/c1-11-4-13(19)2-3-14(11)12-5-16-15(22-6-12)7-23-25(16)8-17(26)24-9-18(20,21)10-24;3-2(4,5)1(6)7/h2-7H,8-10H2,1H3;(H,6,7). The van der Waals surface area contributed by atoms with E-state index < -0.39 is 37.1 Å². The number of carboxylic acid groups (broad SMARTS) is 1. The Bertz CT molecular complexity index is 1200. The Kier molecular flexibility index (Phi) is 6.34. The van der Waals surface area contributed by atoms with Gasteiger partial charge in [-0.1, -0.05) is 6.07 Å². The van der Waals surface area contributed by atoms with Crippen molar-refractivity contribution in [1.82, 2.24) is 19.7 Å². The molecule has 7 nitrogen and oxygen atoms in total. The molecule has 0 spiro atoms. The third kappa shape index (κ3) is 5.59. The molecule has 3 heterocycles. The number of pyridine rings is 1. The Hall–Kier alpha value is -3.64. The quantitative estimate of drug-likeness (QED) is 0.586. The monoisotopic (exact) mass is 474 g/mol. The number of halogens is 6. The van der Waals surface area contributed by atoms with E-state index in [1.165, 1.54) is 23.0 Å². The second-order valence-corrected chi connectivity index (χ2v) is 7.30. The predicted molar refractivity (Wildman–Crippen MR) is 103 cm³/mol. The number of aromatic nitrogens is 3. The molecule has 1 aliphatic heterocycles. The van der Waals surface area contributed by atoms with E-state index in [0.29, 0.717) is 11.0 Å². The lowest BCUT2D eigenvalue weighted by Crippen LogP contribution is -2.59. The predicted octanol–water partition coefficient (Wildman–Crippen LogP) is 3.66. The van der Waals surface area contributed by atoms with E-state index >= 15 is 0 Å². The van der Waals surface area contributed by atoms with E-state index in [4.69, 9.17) is 9.90 Å².